The number of nitrogens with zero attached hydrogens (tertiary/aromatic N) is 1. The van der Waals surface area contributed by atoms with Crippen LogP contribution in [-0.2, 0) is 6.54 Å². The first kappa shape index (κ1) is 9.06. The highest BCUT2D eigenvalue weighted by molar-refractivity contribution is 4.99. The molecule has 1 unspecified atom stereocenters. The summed E-state index contributed by atoms with van der Waals surface area (Å²) in [5, 5.41) is 0. The Morgan fingerprint density at radius 1 is 1.75 bits per heavy atom. The number of oxazole rings is 1. The molecule has 0 aliphatic carbocycles. The zero-order valence-corrected chi connectivity index (χ0v) is 7.41. The quantitative estimate of drug-likeness (QED) is 0.740. The van der Waals surface area contributed by atoms with Crippen LogP contribution in [0.5, 0.6) is 6.08 Å². The van der Waals surface area contributed by atoms with Gasteiger partial charge in [0.2, 0.25) is 0 Å². The average Bonchev–Trinajstić information content (AvgIpc) is 2.52. The molecule has 1 rings (SSSR count). The molecule has 1 aromatic heterocycles. The van der Waals surface area contributed by atoms with E-state index in [1.165, 1.54) is 6.26 Å². The van der Waals surface area contributed by atoms with Crippen LogP contribution in [0.4, 0.5) is 0 Å². The summed E-state index contributed by atoms with van der Waals surface area (Å²) in [6, 6.07) is 0. The summed E-state index contributed by atoms with van der Waals surface area (Å²) in [6.45, 7) is 4.39. The number of nitrogens with two attached hydrogens (primary N) is 1. The van der Waals surface area contributed by atoms with Crippen molar-refractivity contribution in [2.75, 3.05) is 0 Å². The van der Waals surface area contributed by atoms with E-state index in [0.717, 1.165) is 6.42 Å². The van der Waals surface area contributed by atoms with Crippen molar-refractivity contribution in [2.24, 2.45) is 5.73 Å². The van der Waals surface area contributed by atoms with E-state index in [4.69, 9.17) is 14.9 Å². The maximum Gasteiger partial charge on any atom is 0.393 e. The van der Waals surface area contributed by atoms with Crippen LogP contribution in [0.15, 0.2) is 10.7 Å². The highest BCUT2D eigenvalue weighted by atomic mass is 16.6. The molecule has 0 saturated carbocycles. The smallest absolute Gasteiger partial charge is 0.393 e. The molecule has 0 spiro atoms. The third-order valence-corrected chi connectivity index (χ3v) is 1.62. The summed E-state index contributed by atoms with van der Waals surface area (Å²) in [5.41, 5.74) is 6.06. The van der Waals surface area contributed by atoms with Crippen molar-refractivity contribution in [2.45, 2.75) is 32.9 Å². The first-order valence-corrected chi connectivity index (χ1v) is 4.07. The van der Waals surface area contributed by atoms with Gasteiger partial charge in [-0.2, -0.15) is 4.98 Å². The van der Waals surface area contributed by atoms with Crippen molar-refractivity contribution in [3.63, 3.8) is 0 Å². The van der Waals surface area contributed by atoms with Gasteiger partial charge in [-0.05, 0) is 13.3 Å². The van der Waals surface area contributed by atoms with Crippen molar-refractivity contribution in [3.05, 3.63) is 12.0 Å². The predicted octanol–water partition coefficient (Wildman–Crippen LogP) is 1.31. The lowest BCUT2D eigenvalue weighted by molar-refractivity contribution is 0.158. The number of hydrogen-bond donors (Lipinski definition) is 1. The average molecular weight is 170 g/mol. The zero-order chi connectivity index (χ0) is 8.97. The molecular weight excluding hydrogens is 156 g/mol. The van der Waals surface area contributed by atoms with Crippen LogP contribution in [0.1, 0.15) is 26.0 Å². The van der Waals surface area contributed by atoms with Crippen LogP contribution in [-0.4, -0.2) is 11.1 Å². The first-order chi connectivity index (χ1) is 5.76. The Kier molecular flexibility index (Phi) is 3.10. The topological polar surface area (TPSA) is 61.3 Å². The standard InChI is InChI=1S/C8H14N2O2/c1-3-6(2)12-8-10-7(4-9)5-11-8/h5-6H,3-4,9H2,1-2H3. The van der Waals surface area contributed by atoms with Gasteiger partial charge in [-0.15, -0.1) is 0 Å². The largest absolute Gasteiger partial charge is 0.447 e. The van der Waals surface area contributed by atoms with Gasteiger partial charge in [0, 0.05) is 6.54 Å². The molecular formula is C8H14N2O2. The molecule has 1 aromatic rings. The van der Waals surface area contributed by atoms with Gasteiger partial charge in [0.1, 0.15) is 12.4 Å². The van der Waals surface area contributed by atoms with Gasteiger partial charge in [-0.25, -0.2) is 0 Å². The summed E-state index contributed by atoms with van der Waals surface area (Å²) >= 11 is 0. The molecule has 4 heteroatoms. The fourth-order valence-corrected chi connectivity index (χ4v) is 0.692. The van der Waals surface area contributed by atoms with E-state index >= 15 is 0 Å². The number of hydrogen-bond acceptors (Lipinski definition) is 4. The molecule has 0 aliphatic rings. The molecule has 1 heterocycles. The molecule has 0 aromatic carbocycles. The van der Waals surface area contributed by atoms with E-state index in [-0.39, 0.29) is 6.10 Å². The van der Waals surface area contributed by atoms with Gasteiger partial charge in [0.05, 0.1) is 5.69 Å². The van der Waals surface area contributed by atoms with Crippen LogP contribution in [0.3, 0.4) is 0 Å². The molecule has 0 radical (unpaired) electrons. The van der Waals surface area contributed by atoms with E-state index in [1.54, 1.807) is 0 Å². The van der Waals surface area contributed by atoms with Gasteiger partial charge in [-0.1, -0.05) is 6.92 Å². The summed E-state index contributed by atoms with van der Waals surface area (Å²) in [4.78, 5) is 4.00. The van der Waals surface area contributed by atoms with Crippen LogP contribution >= 0.6 is 0 Å². The first-order valence-electron chi connectivity index (χ1n) is 4.07. The minimum absolute atomic E-state index is 0.134. The molecule has 0 fully saturated rings. The van der Waals surface area contributed by atoms with Gasteiger partial charge in [0.15, 0.2) is 0 Å². The monoisotopic (exact) mass is 170 g/mol. The summed E-state index contributed by atoms with van der Waals surface area (Å²) in [7, 11) is 0. The van der Waals surface area contributed by atoms with E-state index in [1.807, 2.05) is 13.8 Å². The van der Waals surface area contributed by atoms with Crippen LogP contribution in [0, 0.1) is 0 Å². The Morgan fingerprint density at radius 3 is 3.00 bits per heavy atom. The van der Waals surface area contributed by atoms with E-state index < -0.39 is 0 Å². The summed E-state index contributed by atoms with van der Waals surface area (Å²) in [6.07, 6.45) is 2.89. The maximum atomic E-state index is 5.35. The molecule has 0 bridgehead atoms. The SMILES string of the molecule is CCC(C)Oc1nc(CN)co1. The Labute approximate surface area is 71.7 Å². The number of ether oxygens (including phenoxy) is 1. The van der Waals surface area contributed by atoms with E-state index in [0.29, 0.717) is 18.3 Å². The van der Waals surface area contributed by atoms with Crippen molar-refractivity contribution in [1.82, 2.24) is 4.98 Å². The molecule has 0 aliphatic heterocycles. The predicted molar refractivity (Wildman–Crippen MR) is 44.8 cm³/mol. The molecule has 0 amide bonds. The second-order valence-corrected chi connectivity index (χ2v) is 2.65. The van der Waals surface area contributed by atoms with Crippen LogP contribution in [0.25, 0.3) is 0 Å². The van der Waals surface area contributed by atoms with Crippen LogP contribution < -0.4 is 10.5 Å². The van der Waals surface area contributed by atoms with Crippen molar-refractivity contribution >= 4 is 0 Å². The lowest BCUT2D eigenvalue weighted by Crippen LogP contribution is -2.10. The second-order valence-electron chi connectivity index (χ2n) is 2.65. The van der Waals surface area contributed by atoms with E-state index in [2.05, 4.69) is 4.98 Å². The van der Waals surface area contributed by atoms with Gasteiger partial charge in [-0.3, -0.25) is 0 Å². The Hall–Kier alpha value is -1.03. The fraction of sp³-hybridized carbons (Fsp3) is 0.625. The van der Waals surface area contributed by atoms with Crippen LogP contribution in [0.2, 0.25) is 0 Å². The molecule has 0 saturated heterocycles. The molecule has 68 valence electrons. The molecule has 1 atom stereocenters. The summed E-state index contributed by atoms with van der Waals surface area (Å²) < 4.78 is 10.3. The Bertz CT molecular complexity index is 235. The highest BCUT2D eigenvalue weighted by Crippen LogP contribution is 2.12. The summed E-state index contributed by atoms with van der Waals surface area (Å²) in [5.74, 6) is 0. The van der Waals surface area contributed by atoms with Gasteiger partial charge >= 0.3 is 6.08 Å². The lowest BCUT2D eigenvalue weighted by Gasteiger charge is -2.06. The second kappa shape index (κ2) is 4.11. The lowest BCUT2D eigenvalue weighted by atomic mass is 10.3. The third kappa shape index (κ3) is 2.23. The minimum atomic E-state index is 0.134. The Morgan fingerprint density at radius 2 is 2.50 bits per heavy atom. The maximum absolute atomic E-state index is 5.35. The number of rotatable bonds is 4. The van der Waals surface area contributed by atoms with Gasteiger partial charge < -0.3 is 14.9 Å². The molecule has 2 N–H and O–H groups in total. The van der Waals surface area contributed by atoms with Crippen molar-refractivity contribution in [3.8, 4) is 6.08 Å². The van der Waals surface area contributed by atoms with Gasteiger partial charge in [0.25, 0.3) is 0 Å². The zero-order valence-electron chi connectivity index (χ0n) is 7.41. The molecule has 12 heavy (non-hydrogen) atoms. The normalized spacial score (nSPS) is 12.9. The third-order valence-electron chi connectivity index (χ3n) is 1.62. The number of aromatic nitrogens is 1. The Balaban J connectivity index is 2.52. The molecule has 4 nitrogen and oxygen atoms in total. The van der Waals surface area contributed by atoms with Crippen molar-refractivity contribution < 1.29 is 9.15 Å². The highest BCUT2D eigenvalue weighted by Gasteiger charge is 2.06. The minimum Gasteiger partial charge on any atom is -0.447 e. The van der Waals surface area contributed by atoms with Crippen molar-refractivity contribution in [1.29, 1.82) is 0 Å². The van der Waals surface area contributed by atoms with E-state index in [9.17, 15) is 0 Å². The fourth-order valence-electron chi connectivity index (χ4n) is 0.692.